The van der Waals surface area contributed by atoms with Gasteiger partial charge in [0.1, 0.15) is 0 Å². The molecule has 1 saturated heterocycles. The molecule has 1 aliphatic rings. The Labute approximate surface area is 121 Å². The first-order valence-corrected chi connectivity index (χ1v) is 6.57. The number of hydrogen-bond donors (Lipinski definition) is 1. The van der Waals surface area contributed by atoms with Gasteiger partial charge in [0.2, 0.25) is 0 Å². The molecular weight excluding hydrogens is 260 g/mol. The normalized spacial score (nSPS) is 18.3. The summed E-state index contributed by atoms with van der Waals surface area (Å²) in [5.41, 5.74) is 4.28. The number of hydrogen-bond acceptors (Lipinski definition) is 2. The molecule has 1 aliphatic heterocycles. The average Bonchev–Trinajstić information content (AvgIpc) is 2.75. The van der Waals surface area contributed by atoms with Crippen LogP contribution in [0.3, 0.4) is 0 Å². The maximum absolute atomic E-state index is 12.6. The third-order valence-corrected chi connectivity index (χ3v) is 3.77. The van der Waals surface area contributed by atoms with Crippen LogP contribution in [0.15, 0.2) is 12.1 Å². The van der Waals surface area contributed by atoms with E-state index in [2.05, 4.69) is 24.4 Å². The van der Waals surface area contributed by atoms with E-state index in [1.807, 2.05) is 25.8 Å². The number of aryl methyl sites for hydroxylation is 3. The minimum Gasteiger partial charge on any atom is -0.337 e. The van der Waals surface area contributed by atoms with Gasteiger partial charge < -0.3 is 10.2 Å². The molecule has 0 aromatic heterocycles. The van der Waals surface area contributed by atoms with Gasteiger partial charge in [0.05, 0.1) is 0 Å². The van der Waals surface area contributed by atoms with Crippen molar-refractivity contribution in [2.45, 2.75) is 33.2 Å². The van der Waals surface area contributed by atoms with Gasteiger partial charge in [0.15, 0.2) is 0 Å². The summed E-state index contributed by atoms with van der Waals surface area (Å²) >= 11 is 0. The number of nitrogens with zero attached hydrogens (tertiary/aromatic N) is 1. The quantitative estimate of drug-likeness (QED) is 0.904. The molecule has 0 aliphatic carbocycles. The molecule has 1 unspecified atom stereocenters. The molecule has 2 rings (SSSR count). The van der Waals surface area contributed by atoms with E-state index in [1.165, 1.54) is 5.56 Å². The predicted molar refractivity (Wildman–Crippen MR) is 81.3 cm³/mol. The zero-order chi connectivity index (χ0) is 13.3. The van der Waals surface area contributed by atoms with E-state index in [0.29, 0.717) is 6.04 Å². The average molecular weight is 283 g/mol. The smallest absolute Gasteiger partial charge is 0.254 e. The molecule has 1 fully saturated rings. The molecule has 1 amide bonds. The van der Waals surface area contributed by atoms with Gasteiger partial charge in [-0.2, -0.15) is 0 Å². The molecule has 1 atom stereocenters. The largest absolute Gasteiger partial charge is 0.337 e. The summed E-state index contributed by atoms with van der Waals surface area (Å²) in [5, 5.41) is 3.24. The van der Waals surface area contributed by atoms with Crippen LogP contribution in [0.1, 0.15) is 33.5 Å². The van der Waals surface area contributed by atoms with Crippen LogP contribution in [0.4, 0.5) is 0 Å². The Morgan fingerprint density at radius 2 is 1.84 bits per heavy atom. The lowest BCUT2D eigenvalue weighted by atomic mass is 9.99. The fraction of sp³-hybridized carbons (Fsp3) is 0.533. The topological polar surface area (TPSA) is 32.3 Å². The maximum atomic E-state index is 12.6. The minimum atomic E-state index is 0. The predicted octanol–water partition coefficient (Wildman–Crippen LogP) is 2.47. The highest BCUT2D eigenvalue weighted by Crippen LogP contribution is 2.20. The first kappa shape index (κ1) is 16.0. The number of benzene rings is 1. The fourth-order valence-corrected chi connectivity index (χ4v) is 2.86. The summed E-state index contributed by atoms with van der Waals surface area (Å²) in [6, 6.07) is 4.62. The molecule has 0 spiro atoms. The fourth-order valence-electron chi connectivity index (χ4n) is 2.86. The lowest BCUT2D eigenvalue weighted by Crippen LogP contribution is -2.34. The lowest BCUT2D eigenvalue weighted by Gasteiger charge is -2.19. The highest BCUT2D eigenvalue weighted by Gasteiger charge is 2.27. The van der Waals surface area contributed by atoms with Gasteiger partial charge in [-0.15, -0.1) is 12.4 Å². The van der Waals surface area contributed by atoms with Crippen molar-refractivity contribution in [2.24, 2.45) is 0 Å². The van der Waals surface area contributed by atoms with E-state index >= 15 is 0 Å². The van der Waals surface area contributed by atoms with Crippen LogP contribution in [0.5, 0.6) is 0 Å². The Balaban J connectivity index is 0.00000180. The Bertz CT molecular complexity index is 450. The van der Waals surface area contributed by atoms with E-state index < -0.39 is 0 Å². The molecule has 1 aromatic carbocycles. The Kier molecular flexibility index (Phi) is 5.39. The molecule has 19 heavy (non-hydrogen) atoms. The number of amides is 1. The molecular formula is C15H23ClN2O. The highest BCUT2D eigenvalue weighted by atomic mass is 35.5. The van der Waals surface area contributed by atoms with Gasteiger partial charge in [-0.05, 0) is 45.4 Å². The first-order chi connectivity index (χ1) is 8.52. The van der Waals surface area contributed by atoms with E-state index in [-0.39, 0.29) is 18.3 Å². The maximum Gasteiger partial charge on any atom is 0.254 e. The second-order valence-corrected chi connectivity index (χ2v) is 5.30. The van der Waals surface area contributed by atoms with Crippen LogP contribution in [0, 0.1) is 20.8 Å². The molecule has 1 N–H and O–H groups in total. The number of halogens is 1. The standard InChI is InChI=1S/C15H22N2O.ClH/c1-10-7-11(2)14(12(3)8-10)15(18)17-6-5-13(9-17)16-4;/h7-8,13,16H,5-6,9H2,1-4H3;1H. The summed E-state index contributed by atoms with van der Waals surface area (Å²) in [4.78, 5) is 14.5. The number of carbonyl (C=O) groups is 1. The van der Waals surface area contributed by atoms with Crippen molar-refractivity contribution in [1.29, 1.82) is 0 Å². The number of likely N-dealkylation sites (N-methyl/N-ethyl adjacent to an activating group) is 1. The molecule has 0 radical (unpaired) electrons. The van der Waals surface area contributed by atoms with Gasteiger partial charge in [-0.3, -0.25) is 4.79 Å². The summed E-state index contributed by atoms with van der Waals surface area (Å²) in [6.07, 6.45) is 1.05. The van der Waals surface area contributed by atoms with Crippen molar-refractivity contribution in [3.05, 3.63) is 34.4 Å². The van der Waals surface area contributed by atoms with Crippen LogP contribution in [-0.2, 0) is 0 Å². The number of nitrogens with one attached hydrogen (secondary N) is 1. The number of carbonyl (C=O) groups excluding carboxylic acids is 1. The van der Waals surface area contributed by atoms with Gasteiger partial charge in [-0.25, -0.2) is 0 Å². The second kappa shape index (κ2) is 6.40. The molecule has 4 heteroatoms. The van der Waals surface area contributed by atoms with E-state index in [9.17, 15) is 4.79 Å². The van der Waals surface area contributed by atoms with Crippen molar-refractivity contribution < 1.29 is 4.79 Å². The third-order valence-electron chi connectivity index (χ3n) is 3.77. The van der Waals surface area contributed by atoms with Gasteiger partial charge in [-0.1, -0.05) is 17.7 Å². The highest BCUT2D eigenvalue weighted by molar-refractivity contribution is 5.97. The summed E-state index contributed by atoms with van der Waals surface area (Å²) in [5.74, 6) is 0.183. The van der Waals surface area contributed by atoms with Crippen LogP contribution in [0.2, 0.25) is 0 Å². The van der Waals surface area contributed by atoms with Gasteiger partial charge in [0, 0.05) is 24.7 Å². The zero-order valence-electron chi connectivity index (χ0n) is 12.1. The molecule has 1 aromatic rings. The van der Waals surface area contributed by atoms with Gasteiger partial charge >= 0.3 is 0 Å². The van der Waals surface area contributed by atoms with Crippen LogP contribution in [0.25, 0.3) is 0 Å². The third kappa shape index (κ3) is 3.28. The van der Waals surface area contributed by atoms with Gasteiger partial charge in [0.25, 0.3) is 5.91 Å². The van der Waals surface area contributed by atoms with E-state index in [4.69, 9.17) is 0 Å². The summed E-state index contributed by atoms with van der Waals surface area (Å²) in [7, 11) is 1.96. The monoisotopic (exact) mass is 282 g/mol. The Morgan fingerprint density at radius 3 is 2.32 bits per heavy atom. The number of rotatable bonds is 2. The van der Waals surface area contributed by atoms with Crippen LogP contribution in [-0.4, -0.2) is 37.0 Å². The van der Waals surface area contributed by atoms with Crippen molar-refractivity contribution in [1.82, 2.24) is 10.2 Å². The molecule has 3 nitrogen and oxygen atoms in total. The zero-order valence-corrected chi connectivity index (χ0v) is 12.9. The first-order valence-electron chi connectivity index (χ1n) is 6.57. The van der Waals surface area contributed by atoms with Crippen LogP contribution >= 0.6 is 12.4 Å². The molecule has 0 saturated carbocycles. The summed E-state index contributed by atoms with van der Waals surface area (Å²) < 4.78 is 0. The van der Waals surface area contributed by atoms with Crippen molar-refractivity contribution in [3.63, 3.8) is 0 Å². The van der Waals surface area contributed by atoms with Crippen molar-refractivity contribution >= 4 is 18.3 Å². The van der Waals surface area contributed by atoms with E-state index in [0.717, 1.165) is 36.2 Å². The minimum absolute atomic E-state index is 0. The number of likely N-dealkylation sites (tertiary alicyclic amines) is 1. The van der Waals surface area contributed by atoms with Crippen molar-refractivity contribution in [2.75, 3.05) is 20.1 Å². The second-order valence-electron chi connectivity index (χ2n) is 5.30. The lowest BCUT2D eigenvalue weighted by molar-refractivity contribution is 0.0788. The Hall–Kier alpha value is -1.06. The van der Waals surface area contributed by atoms with E-state index in [1.54, 1.807) is 0 Å². The molecule has 0 bridgehead atoms. The Morgan fingerprint density at radius 1 is 1.26 bits per heavy atom. The van der Waals surface area contributed by atoms with Crippen LogP contribution < -0.4 is 5.32 Å². The SMILES string of the molecule is CNC1CCN(C(=O)c2c(C)cc(C)cc2C)C1.Cl. The summed E-state index contributed by atoms with van der Waals surface area (Å²) in [6.45, 7) is 7.80. The molecule has 1 heterocycles. The van der Waals surface area contributed by atoms with Crippen molar-refractivity contribution in [3.8, 4) is 0 Å². The molecule has 106 valence electrons.